The fraction of sp³-hybridized carbons (Fsp3) is 0.600. The summed E-state index contributed by atoms with van der Waals surface area (Å²) in [4.78, 5) is 2.37. The topological polar surface area (TPSA) is 23.5 Å². The van der Waals surface area contributed by atoms with Gasteiger partial charge in [0.1, 0.15) is 0 Å². The van der Waals surface area contributed by atoms with E-state index in [-0.39, 0.29) is 6.61 Å². The summed E-state index contributed by atoms with van der Waals surface area (Å²) in [7, 11) is 0. The number of hydrogen-bond acceptors (Lipinski definition) is 3. The minimum absolute atomic E-state index is 0.266. The van der Waals surface area contributed by atoms with Gasteiger partial charge in [0.25, 0.3) is 0 Å². The normalized spacial score (nSPS) is 16.5. The maximum Gasteiger partial charge on any atom is 0.0701 e. The van der Waals surface area contributed by atoms with Crippen LogP contribution in [0.25, 0.3) is 0 Å². The van der Waals surface area contributed by atoms with Crippen molar-refractivity contribution in [3.63, 3.8) is 0 Å². The van der Waals surface area contributed by atoms with Crippen LogP contribution in [-0.2, 0) is 6.54 Å². The molecule has 14 heavy (non-hydrogen) atoms. The smallest absolute Gasteiger partial charge is 0.0701 e. The minimum Gasteiger partial charge on any atom is -0.395 e. The standard InChI is InChI=1S/C10H14BrNOS/c11-10-5-8(7-14-10)6-12(3-4-13)9-1-2-9/h5,7,9,13H,1-4,6H2. The summed E-state index contributed by atoms with van der Waals surface area (Å²) in [5.74, 6) is 0. The number of rotatable bonds is 5. The first kappa shape index (κ1) is 10.6. The van der Waals surface area contributed by atoms with Crippen molar-refractivity contribution >= 4 is 27.3 Å². The van der Waals surface area contributed by atoms with E-state index < -0.39 is 0 Å². The molecule has 1 heterocycles. The molecule has 0 amide bonds. The Bertz CT molecular complexity index is 298. The lowest BCUT2D eigenvalue weighted by Gasteiger charge is -2.19. The molecule has 4 heteroatoms. The molecule has 1 aromatic rings. The van der Waals surface area contributed by atoms with E-state index in [9.17, 15) is 0 Å². The van der Waals surface area contributed by atoms with E-state index in [4.69, 9.17) is 5.11 Å². The second-order valence-corrected chi connectivity index (χ2v) is 5.97. The Morgan fingerprint density at radius 2 is 2.36 bits per heavy atom. The lowest BCUT2D eigenvalue weighted by Crippen LogP contribution is -2.28. The molecule has 0 saturated heterocycles. The molecule has 0 aliphatic heterocycles. The average molecular weight is 276 g/mol. The molecule has 1 fully saturated rings. The maximum absolute atomic E-state index is 8.95. The molecule has 0 aromatic carbocycles. The van der Waals surface area contributed by atoms with Crippen LogP contribution in [0.15, 0.2) is 15.2 Å². The fourth-order valence-electron chi connectivity index (χ4n) is 1.62. The molecular formula is C10H14BrNOS. The van der Waals surface area contributed by atoms with E-state index in [1.165, 1.54) is 22.2 Å². The van der Waals surface area contributed by atoms with Crippen molar-refractivity contribution in [2.45, 2.75) is 25.4 Å². The van der Waals surface area contributed by atoms with Gasteiger partial charge in [-0.25, -0.2) is 0 Å². The van der Waals surface area contributed by atoms with Crippen LogP contribution < -0.4 is 0 Å². The lowest BCUT2D eigenvalue weighted by molar-refractivity contribution is 0.183. The Labute approximate surface area is 96.7 Å². The third-order valence-corrected chi connectivity index (χ3v) is 4.01. The molecule has 78 valence electrons. The summed E-state index contributed by atoms with van der Waals surface area (Å²) in [5, 5.41) is 11.1. The van der Waals surface area contributed by atoms with Gasteiger partial charge in [0.2, 0.25) is 0 Å². The Kier molecular flexibility index (Phi) is 3.60. The zero-order chi connectivity index (χ0) is 9.97. The maximum atomic E-state index is 8.95. The Hall–Kier alpha value is 0.100. The molecule has 2 nitrogen and oxygen atoms in total. The third kappa shape index (κ3) is 2.79. The van der Waals surface area contributed by atoms with E-state index >= 15 is 0 Å². The first-order valence-electron chi connectivity index (χ1n) is 4.87. The molecule has 1 aliphatic carbocycles. The molecule has 1 N–H and O–H groups in total. The molecule has 0 spiro atoms. The van der Waals surface area contributed by atoms with E-state index in [1.54, 1.807) is 11.3 Å². The summed E-state index contributed by atoms with van der Waals surface area (Å²) in [5.41, 5.74) is 1.35. The van der Waals surface area contributed by atoms with Crippen LogP contribution in [-0.4, -0.2) is 29.2 Å². The SMILES string of the molecule is OCCN(Cc1csc(Br)c1)C1CC1. The second kappa shape index (κ2) is 4.75. The fourth-order valence-corrected chi connectivity index (χ4v) is 2.82. The summed E-state index contributed by atoms with van der Waals surface area (Å²) in [6.07, 6.45) is 2.59. The Morgan fingerprint density at radius 3 is 2.86 bits per heavy atom. The van der Waals surface area contributed by atoms with Gasteiger partial charge in [0.15, 0.2) is 0 Å². The van der Waals surface area contributed by atoms with Gasteiger partial charge >= 0.3 is 0 Å². The van der Waals surface area contributed by atoms with E-state index in [0.29, 0.717) is 0 Å². The number of aliphatic hydroxyl groups is 1. The summed E-state index contributed by atoms with van der Waals surface area (Å²) in [6.45, 7) is 2.05. The highest BCUT2D eigenvalue weighted by molar-refractivity contribution is 9.11. The lowest BCUT2D eigenvalue weighted by atomic mass is 10.3. The van der Waals surface area contributed by atoms with Crippen molar-refractivity contribution in [1.82, 2.24) is 4.90 Å². The number of halogens is 1. The van der Waals surface area contributed by atoms with Crippen LogP contribution in [0.5, 0.6) is 0 Å². The molecule has 1 saturated carbocycles. The highest BCUT2D eigenvalue weighted by Gasteiger charge is 2.28. The van der Waals surface area contributed by atoms with Gasteiger partial charge in [-0.3, -0.25) is 4.90 Å². The monoisotopic (exact) mass is 275 g/mol. The minimum atomic E-state index is 0.266. The molecule has 2 rings (SSSR count). The van der Waals surface area contributed by atoms with Crippen molar-refractivity contribution in [2.24, 2.45) is 0 Å². The van der Waals surface area contributed by atoms with Gasteiger partial charge in [0.05, 0.1) is 10.4 Å². The number of thiophene rings is 1. The zero-order valence-electron chi connectivity index (χ0n) is 7.95. The van der Waals surface area contributed by atoms with Crippen LogP contribution in [0.2, 0.25) is 0 Å². The largest absolute Gasteiger partial charge is 0.395 e. The predicted molar refractivity (Wildman–Crippen MR) is 62.5 cm³/mol. The third-order valence-electron chi connectivity index (χ3n) is 2.46. The van der Waals surface area contributed by atoms with Crippen molar-refractivity contribution in [1.29, 1.82) is 0 Å². The van der Waals surface area contributed by atoms with Gasteiger partial charge in [-0.15, -0.1) is 11.3 Å². The van der Waals surface area contributed by atoms with Crippen molar-refractivity contribution in [3.8, 4) is 0 Å². The van der Waals surface area contributed by atoms with Crippen molar-refractivity contribution in [3.05, 3.63) is 20.8 Å². The summed E-state index contributed by atoms with van der Waals surface area (Å²) < 4.78 is 1.19. The van der Waals surface area contributed by atoms with Gasteiger partial charge in [-0.1, -0.05) is 0 Å². The van der Waals surface area contributed by atoms with Gasteiger partial charge in [-0.2, -0.15) is 0 Å². The number of nitrogens with zero attached hydrogens (tertiary/aromatic N) is 1. The highest BCUT2D eigenvalue weighted by Crippen LogP contribution is 2.29. The molecule has 1 aromatic heterocycles. The van der Waals surface area contributed by atoms with Crippen molar-refractivity contribution < 1.29 is 5.11 Å². The second-order valence-electron chi connectivity index (χ2n) is 3.68. The summed E-state index contributed by atoms with van der Waals surface area (Å²) in [6, 6.07) is 2.89. The number of hydrogen-bond donors (Lipinski definition) is 1. The van der Waals surface area contributed by atoms with E-state index in [1.807, 2.05) is 0 Å². The summed E-state index contributed by atoms with van der Waals surface area (Å²) >= 11 is 5.19. The quantitative estimate of drug-likeness (QED) is 0.893. The molecule has 0 bridgehead atoms. The highest BCUT2D eigenvalue weighted by atomic mass is 79.9. The van der Waals surface area contributed by atoms with Crippen LogP contribution in [0, 0.1) is 0 Å². The van der Waals surface area contributed by atoms with Gasteiger partial charge in [-0.05, 0) is 45.8 Å². The zero-order valence-corrected chi connectivity index (χ0v) is 10.4. The molecule has 1 aliphatic rings. The van der Waals surface area contributed by atoms with Crippen LogP contribution >= 0.6 is 27.3 Å². The molecule has 0 atom stereocenters. The Balaban J connectivity index is 1.92. The first-order valence-corrected chi connectivity index (χ1v) is 6.54. The van der Waals surface area contributed by atoms with Crippen molar-refractivity contribution in [2.75, 3.05) is 13.2 Å². The van der Waals surface area contributed by atoms with E-state index in [2.05, 4.69) is 32.3 Å². The van der Waals surface area contributed by atoms with Crippen LogP contribution in [0.3, 0.4) is 0 Å². The molecule has 0 unspecified atom stereocenters. The molecule has 0 radical (unpaired) electrons. The predicted octanol–water partition coefficient (Wildman–Crippen LogP) is 2.47. The average Bonchev–Trinajstić information content (AvgIpc) is 2.91. The van der Waals surface area contributed by atoms with Gasteiger partial charge < -0.3 is 5.11 Å². The van der Waals surface area contributed by atoms with Crippen LogP contribution in [0.4, 0.5) is 0 Å². The molecular weight excluding hydrogens is 262 g/mol. The Morgan fingerprint density at radius 1 is 1.57 bits per heavy atom. The number of aliphatic hydroxyl groups excluding tert-OH is 1. The van der Waals surface area contributed by atoms with Gasteiger partial charge in [0, 0.05) is 19.1 Å². The van der Waals surface area contributed by atoms with Crippen LogP contribution in [0.1, 0.15) is 18.4 Å². The first-order chi connectivity index (χ1) is 6.79. The van der Waals surface area contributed by atoms with E-state index in [0.717, 1.165) is 19.1 Å².